The van der Waals surface area contributed by atoms with E-state index in [-0.39, 0.29) is 9.85 Å². The molecule has 0 fully saturated rings. The first-order valence-corrected chi connectivity index (χ1v) is 6.81. The normalized spacial score (nSPS) is 14.5. The number of nitrogens with zero attached hydrogens (tertiary/aromatic N) is 2. The predicted octanol–water partition coefficient (Wildman–Crippen LogP) is 1.12. The maximum atomic E-state index is 11.9. The second-order valence-corrected chi connectivity index (χ2v) is 6.98. The van der Waals surface area contributed by atoms with Crippen molar-refractivity contribution in [2.45, 2.75) is 23.7 Å². The van der Waals surface area contributed by atoms with Gasteiger partial charge in [0.05, 0.1) is 6.20 Å². The quantitative estimate of drug-likeness (QED) is 0.847. The molecule has 1 heterocycles. The standard InChI is InChI=1S/C8H14BrN3O2S/c1-6(9)5-12(3)15(13,14)8-4-10-7(2)11-8/h4,6H,5H2,1-3H3,(H,10,11). The summed E-state index contributed by atoms with van der Waals surface area (Å²) in [4.78, 5) is 6.70. The third-order valence-electron chi connectivity index (χ3n) is 1.88. The Labute approximate surface area is 98.1 Å². The summed E-state index contributed by atoms with van der Waals surface area (Å²) in [5, 5.41) is 0.135. The molecule has 1 rings (SSSR count). The van der Waals surface area contributed by atoms with Crippen LogP contribution in [0, 0.1) is 6.92 Å². The SMILES string of the molecule is Cc1ncc(S(=O)(=O)N(C)CC(C)Br)[nH]1. The van der Waals surface area contributed by atoms with Crippen molar-refractivity contribution in [3.63, 3.8) is 0 Å². The molecular formula is C8H14BrN3O2S. The maximum Gasteiger partial charge on any atom is 0.259 e. The minimum atomic E-state index is -3.43. The highest BCUT2D eigenvalue weighted by molar-refractivity contribution is 9.09. The fraction of sp³-hybridized carbons (Fsp3) is 0.625. The highest BCUT2D eigenvalue weighted by Gasteiger charge is 2.23. The number of aryl methyl sites for hydroxylation is 1. The van der Waals surface area contributed by atoms with Gasteiger partial charge in [0.25, 0.3) is 10.0 Å². The molecule has 1 N–H and O–H groups in total. The molecule has 86 valence electrons. The van der Waals surface area contributed by atoms with Gasteiger partial charge in [-0.1, -0.05) is 22.9 Å². The zero-order chi connectivity index (χ0) is 11.6. The number of imidazole rings is 1. The van der Waals surface area contributed by atoms with Gasteiger partial charge in [-0.25, -0.2) is 13.4 Å². The summed E-state index contributed by atoms with van der Waals surface area (Å²) in [6, 6.07) is 0. The third kappa shape index (κ3) is 3.02. The van der Waals surface area contributed by atoms with E-state index in [0.29, 0.717) is 12.4 Å². The topological polar surface area (TPSA) is 66.1 Å². The number of halogens is 1. The van der Waals surface area contributed by atoms with E-state index < -0.39 is 10.0 Å². The van der Waals surface area contributed by atoms with Crippen molar-refractivity contribution >= 4 is 26.0 Å². The molecule has 1 unspecified atom stereocenters. The Morgan fingerprint density at radius 2 is 2.27 bits per heavy atom. The second kappa shape index (κ2) is 4.63. The minimum Gasteiger partial charge on any atom is -0.332 e. The predicted molar refractivity (Wildman–Crippen MR) is 61.5 cm³/mol. The highest BCUT2D eigenvalue weighted by atomic mass is 79.9. The molecule has 0 aromatic carbocycles. The Morgan fingerprint density at radius 3 is 2.67 bits per heavy atom. The van der Waals surface area contributed by atoms with Gasteiger partial charge in [-0.15, -0.1) is 0 Å². The lowest BCUT2D eigenvalue weighted by Crippen LogP contribution is -2.31. The van der Waals surface area contributed by atoms with Crippen LogP contribution in [0.1, 0.15) is 12.7 Å². The molecule has 0 saturated carbocycles. The van der Waals surface area contributed by atoms with Gasteiger partial charge in [0, 0.05) is 18.4 Å². The van der Waals surface area contributed by atoms with E-state index in [9.17, 15) is 8.42 Å². The molecule has 5 nitrogen and oxygen atoms in total. The van der Waals surface area contributed by atoms with Crippen LogP contribution in [0.5, 0.6) is 0 Å². The van der Waals surface area contributed by atoms with Gasteiger partial charge in [0.1, 0.15) is 5.82 Å². The summed E-state index contributed by atoms with van der Waals surface area (Å²) in [6.07, 6.45) is 1.33. The summed E-state index contributed by atoms with van der Waals surface area (Å²) < 4.78 is 25.1. The Bertz CT molecular complexity index is 427. The zero-order valence-corrected chi connectivity index (χ0v) is 11.3. The number of nitrogens with one attached hydrogen (secondary N) is 1. The molecular weight excluding hydrogens is 282 g/mol. The first-order valence-electron chi connectivity index (χ1n) is 4.46. The van der Waals surface area contributed by atoms with Crippen LogP contribution in [0.4, 0.5) is 0 Å². The van der Waals surface area contributed by atoms with Crippen LogP contribution in [0.25, 0.3) is 0 Å². The Kier molecular flexibility index (Phi) is 3.91. The number of sulfonamides is 1. The third-order valence-corrected chi connectivity index (χ3v) is 3.90. The first-order chi connectivity index (χ1) is 6.84. The van der Waals surface area contributed by atoms with Crippen molar-refractivity contribution in [2.24, 2.45) is 0 Å². The highest BCUT2D eigenvalue weighted by Crippen LogP contribution is 2.13. The minimum absolute atomic E-state index is 0.112. The molecule has 1 aromatic rings. The van der Waals surface area contributed by atoms with Crippen LogP contribution in [-0.2, 0) is 10.0 Å². The largest absolute Gasteiger partial charge is 0.332 e. The van der Waals surface area contributed by atoms with Gasteiger partial charge in [-0.3, -0.25) is 0 Å². The maximum absolute atomic E-state index is 11.9. The van der Waals surface area contributed by atoms with Crippen molar-refractivity contribution in [1.29, 1.82) is 0 Å². The number of hydrogen-bond donors (Lipinski definition) is 1. The average Bonchev–Trinajstić information content (AvgIpc) is 2.50. The zero-order valence-electron chi connectivity index (χ0n) is 8.86. The number of aromatic amines is 1. The molecule has 0 aliphatic heterocycles. The van der Waals surface area contributed by atoms with Gasteiger partial charge < -0.3 is 4.98 Å². The molecule has 15 heavy (non-hydrogen) atoms. The van der Waals surface area contributed by atoms with Gasteiger partial charge in [0.2, 0.25) is 0 Å². The Hall–Kier alpha value is -0.400. The Morgan fingerprint density at radius 1 is 1.67 bits per heavy atom. The molecule has 0 amide bonds. The van der Waals surface area contributed by atoms with E-state index in [4.69, 9.17) is 0 Å². The van der Waals surface area contributed by atoms with Gasteiger partial charge in [-0.2, -0.15) is 4.31 Å². The fourth-order valence-electron chi connectivity index (χ4n) is 1.15. The van der Waals surface area contributed by atoms with Crippen molar-refractivity contribution in [1.82, 2.24) is 14.3 Å². The lowest BCUT2D eigenvalue weighted by Gasteiger charge is -2.16. The van der Waals surface area contributed by atoms with Gasteiger partial charge in [0.15, 0.2) is 5.03 Å². The van der Waals surface area contributed by atoms with E-state index in [1.165, 1.54) is 10.5 Å². The van der Waals surface area contributed by atoms with Crippen LogP contribution in [0.2, 0.25) is 0 Å². The fourth-order valence-corrected chi connectivity index (χ4v) is 2.99. The number of alkyl halides is 1. The monoisotopic (exact) mass is 295 g/mol. The lowest BCUT2D eigenvalue weighted by atomic mass is 10.5. The van der Waals surface area contributed by atoms with Crippen LogP contribution >= 0.6 is 15.9 Å². The molecule has 7 heteroatoms. The van der Waals surface area contributed by atoms with E-state index in [1.54, 1.807) is 14.0 Å². The van der Waals surface area contributed by atoms with Crippen molar-refractivity contribution in [2.75, 3.05) is 13.6 Å². The first kappa shape index (κ1) is 12.7. The van der Waals surface area contributed by atoms with Crippen LogP contribution in [-0.4, -0.2) is 41.1 Å². The number of rotatable bonds is 4. The number of aromatic nitrogens is 2. The van der Waals surface area contributed by atoms with Crippen LogP contribution in [0.15, 0.2) is 11.2 Å². The van der Waals surface area contributed by atoms with E-state index in [0.717, 1.165) is 0 Å². The van der Waals surface area contributed by atoms with Crippen molar-refractivity contribution in [3.05, 3.63) is 12.0 Å². The molecule has 0 saturated heterocycles. The van der Waals surface area contributed by atoms with Crippen LogP contribution < -0.4 is 0 Å². The molecule has 0 bridgehead atoms. The van der Waals surface area contributed by atoms with Gasteiger partial charge >= 0.3 is 0 Å². The number of hydrogen-bond acceptors (Lipinski definition) is 3. The second-order valence-electron chi connectivity index (χ2n) is 3.40. The lowest BCUT2D eigenvalue weighted by molar-refractivity contribution is 0.471. The molecule has 1 atom stereocenters. The van der Waals surface area contributed by atoms with Crippen molar-refractivity contribution in [3.8, 4) is 0 Å². The average molecular weight is 296 g/mol. The van der Waals surface area contributed by atoms with Crippen LogP contribution in [0.3, 0.4) is 0 Å². The van der Waals surface area contributed by atoms with E-state index >= 15 is 0 Å². The molecule has 0 spiro atoms. The molecule has 0 radical (unpaired) electrons. The van der Waals surface area contributed by atoms with Gasteiger partial charge in [-0.05, 0) is 6.92 Å². The summed E-state index contributed by atoms with van der Waals surface area (Å²) in [7, 11) is -1.88. The summed E-state index contributed by atoms with van der Waals surface area (Å²) in [5.41, 5.74) is 0. The Balaban J connectivity index is 2.93. The molecule has 0 aliphatic rings. The van der Waals surface area contributed by atoms with E-state index in [2.05, 4.69) is 25.9 Å². The molecule has 0 aliphatic carbocycles. The smallest absolute Gasteiger partial charge is 0.259 e. The molecule has 1 aromatic heterocycles. The summed E-state index contributed by atoms with van der Waals surface area (Å²) in [5.74, 6) is 0.592. The van der Waals surface area contributed by atoms with Crippen molar-refractivity contribution < 1.29 is 8.42 Å². The summed E-state index contributed by atoms with van der Waals surface area (Å²) in [6.45, 7) is 4.02. The number of H-pyrrole nitrogens is 1. The van der Waals surface area contributed by atoms with E-state index in [1.807, 2.05) is 6.92 Å². The summed E-state index contributed by atoms with van der Waals surface area (Å²) >= 11 is 3.31.